The zero-order valence-corrected chi connectivity index (χ0v) is 14.4. The molecule has 0 aliphatic heterocycles. The van der Waals surface area contributed by atoms with Crippen LogP contribution >= 0.6 is 0 Å². The Kier molecular flexibility index (Phi) is 4.62. The maximum atomic E-state index is 12.0. The second kappa shape index (κ2) is 6.52. The van der Waals surface area contributed by atoms with Crippen LogP contribution in [0, 0.1) is 0 Å². The van der Waals surface area contributed by atoms with Gasteiger partial charge in [0.15, 0.2) is 0 Å². The van der Waals surface area contributed by atoms with Gasteiger partial charge in [-0.1, -0.05) is 24.3 Å². The van der Waals surface area contributed by atoms with E-state index in [2.05, 4.69) is 34.9 Å². The molecule has 2 N–H and O–H groups in total. The van der Waals surface area contributed by atoms with E-state index in [1.54, 1.807) is 0 Å². The second-order valence-electron chi connectivity index (χ2n) is 7.83. The van der Waals surface area contributed by atoms with Crippen molar-refractivity contribution in [3.63, 3.8) is 0 Å². The van der Waals surface area contributed by atoms with E-state index < -0.39 is 5.60 Å². The molecule has 3 rings (SSSR count). The van der Waals surface area contributed by atoms with Crippen LogP contribution < -0.4 is 10.6 Å². The molecule has 0 aromatic heterocycles. The van der Waals surface area contributed by atoms with Gasteiger partial charge in [-0.15, -0.1) is 0 Å². The zero-order chi connectivity index (χ0) is 16.4. The maximum absolute atomic E-state index is 12.0. The van der Waals surface area contributed by atoms with Crippen LogP contribution in [0.4, 0.5) is 4.79 Å². The van der Waals surface area contributed by atoms with Crippen molar-refractivity contribution in [3.8, 4) is 0 Å². The summed E-state index contributed by atoms with van der Waals surface area (Å²) >= 11 is 0. The molecule has 1 fully saturated rings. The lowest BCUT2D eigenvalue weighted by Gasteiger charge is -2.27. The van der Waals surface area contributed by atoms with Crippen molar-refractivity contribution in [2.24, 2.45) is 0 Å². The first-order chi connectivity index (χ1) is 10.9. The van der Waals surface area contributed by atoms with Gasteiger partial charge in [-0.05, 0) is 64.0 Å². The lowest BCUT2D eigenvalue weighted by Crippen LogP contribution is -2.51. The number of rotatable bonds is 3. The van der Waals surface area contributed by atoms with Crippen LogP contribution in [0.2, 0.25) is 0 Å². The van der Waals surface area contributed by atoms with Crippen LogP contribution in [0.1, 0.15) is 51.2 Å². The summed E-state index contributed by atoms with van der Waals surface area (Å²) in [7, 11) is 0. The maximum Gasteiger partial charge on any atom is 0.407 e. The summed E-state index contributed by atoms with van der Waals surface area (Å²) < 4.78 is 5.39. The van der Waals surface area contributed by atoms with E-state index in [0.717, 1.165) is 32.1 Å². The average molecular weight is 316 g/mol. The van der Waals surface area contributed by atoms with Gasteiger partial charge in [0.1, 0.15) is 5.60 Å². The fourth-order valence-corrected chi connectivity index (χ4v) is 3.77. The number of hydrogen-bond donors (Lipinski definition) is 2. The molecule has 126 valence electrons. The fraction of sp³-hybridized carbons (Fsp3) is 0.632. The van der Waals surface area contributed by atoms with E-state index in [9.17, 15) is 4.79 Å². The normalized spacial score (nSPS) is 24.5. The molecule has 1 amide bonds. The Morgan fingerprint density at radius 3 is 2.30 bits per heavy atom. The van der Waals surface area contributed by atoms with Crippen LogP contribution in [-0.2, 0) is 17.6 Å². The van der Waals surface area contributed by atoms with E-state index in [1.165, 1.54) is 11.1 Å². The number of alkyl carbamates (subject to hydrolysis) is 1. The summed E-state index contributed by atoms with van der Waals surface area (Å²) in [5.41, 5.74) is 2.47. The van der Waals surface area contributed by atoms with Crippen LogP contribution in [0.25, 0.3) is 0 Å². The zero-order valence-electron chi connectivity index (χ0n) is 14.4. The third-order valence-corrected chi connectivity index (χ3v) is 4.72. The molecule has 23 heavy (non-hydrogen) atoms. The molecule has 1 saturated carbocycles. The highest BCUT2D eigenvalue weighted by atomic mass is 16.6. The van der Waals surface area contributed by atoms with Crippen molar-refractivity contribution >= 4 is 6.09 Å². The van der Waals surface area contributed by atoms with Gasteiger partial charge in [0.05, 0.1) is 0 Å². The Balaban J connectivity index is 1.53. The number of carbonyl (C=O) groups excluding carboxylic acids is 1. The van der Waals surface area contributed by atoms with Crippen molar-refractivity contribution in [2.45, 2.75) is 76.6 Å². The molecule has 1 aromatic rings. The van der Waals surface area contributed by atoms with Gasteiger partial charge in [0, 0.05) is 18.1 Å². The molecular formula is C19H28N2O2. The number of hydrogen-bond acceptors (Lipinski definition) is 3. The minimum Gasteiger partial charge on any atom is -0.444 e. The van der Waals surface area contributed by atoms with Crippen LogP contribution in [0.3, 0.4) is 0 Å². The number of fused-ring (bicyclic) bond motifs is 1. The molecule has 0 spiro atoms. The number of benzene rings is 1. The van der Waals surface area contributed by atoms with E-state index in [-0.39, 0.29) is 12.1 Å². The fourth-order valence-electron chi connectivity index (χ4n) is 3.77. The van der Waals surface area contributed by atoms with Gasteiger partial charge in [0.2, 0.25) is 0 Å². The van der Waals surface area contributed by atoms with Gasteiger partial charge in [-0.2, -0.15) is 0 Å². The molecular weight excluding hydrogens is 288 g/mol. The Hall–Kier alpha value is -1.55. The highest BCUT2D eigenvalue weighted by Crippen LogP contribution is 2.25. The van der Waals surface area contributed by atoms with Gasteiger partial charge >= 0.3 is 6.09 Å². The third kappa shape index (κ3) is 4.25. The first-order valence-electron chi connectivity index (χ1n) is 8.73. The third-order valence-electron chi connectivity index (χ3n) is 4.72. The average Bonchev–Trinajstić information content (AvgIpc) is 3.03. The quantitative estimate of drug-likeness (QED) is 0.900. The molecule has 0 radical (unpaired) electrons. The summed E-state index contributed by atoms with van der Waals surface area (Å²) in [5, 5.41) is 6.83. The first-order valence-corrected chi connectivity index (χ1v) is 8.73. The minimum absolute atomic E-state index is 0.175. The van der Waals surface area contributed by atoms with E-state index in [0.29, 0.717) is 12.1 Å². The second-order valence-corrected chi connectivity index (χ2v) is 7.83. The Morgan fingerprint density at radius 1 is 1.09 bits per heavy atom. The Bertz CT molecular complexity index is 540. The molecule has 2 aliphatic carbocycles. The van der Waals surface area contributed by atoms with Gasteiger partial charge < -0.3 is 15.4 Å². The van der Waals surface area contributed by atoms with Crippen molar-refractivity contribution in [1.82, 2.24) is 10.6 Å². The van der Waals surface area contributed by atoms with Crippen molar-refractivity contribution in [2.75, 3.05) is 0 Å². The van der Waals surface area contributed by atoms with Gasteiger partial charge in [0.25, 0.3) is 0 Å². The number of nitrogens with one attached hydrogen (secondary N) is 2. The smallest absolute Gasteiger partial charge is 0.407 e. The summed E-state index contributed by atoms with van der Waals surface area (Å²) in [6, 6.07) is 9.69. The lowest BCUT2D eigenvalue weighted by atomic mass is 10.1. The summed E-state index contributed by atoms with van der Waals surface area (Å²) in [6.45, 7) is 5.69. The van der Waals surface area contributed by atoms with Crippen molar-refractivity contribution in [3.05, 3.63) is 35.4 Å². The van der Waals surface area contributed by atoms with Gasteiger partial charge in [-0.3, -0.25) is 0 Å². The summed E-state index contributed by atoms with van der Waals surface area (Å²) in [4.78, 5) is 12.0. The molecule has 0 bridgehead atoms. The SMILES string of the molecule is CC(C)(C)OC(=O)NC1CCCC1NC1Cc2ccccc2C1. The van der Waals surface area contributed by atoms with Gasteiger partial charge in [-0.25, -0.2) is 4.79 Å². The predicted molar refractivity (Wildman–Crippen MR) is 91.6 cm³/mol. The number of carbonyl (C=O) groups is 1. The molecule has 2 atom stereocenters. The summed E-state index contributed by atoms with van der Waals surface area (Å²) in [6.07, 6.45) is 5.17. The molecule has 0 heterocycles. The highest BCUT2D eigenvalue weighted by molar-refractivity contribution is 5.68. The van der Waals surface area contributed by atoms with E-state index in [1.807, 2.05) is 20.8 Å². The largest absolute Gasteiger partial charge is 0.444 e. The Morgan fingerprint density at radius 2 is 1.70 bits per heavy atom. The standard InChI is InChI=1S/C19H28N2O2/c1-19(2,3)23-18(22)21-17-10-6-9-16(17)20-15-11-13-7-4-5-8-14(13)12-15/h4-5,7-8,15-17,20H,6,9-12H2,1-3H3,(H,21,22). The topological polar surface area (TPSA) is 50.4 Å². The molecule has 2 unspecified atom stereocenters. The van der Waals surface area contributed by atoms with Crippen molar-refractivity contribution < 1.29 is 9.53 Å². The lowest BCUT2D eigenvalue weighted by molar-refractivity contribution is 0.0497. The predicted octanol–water partition coefficient (Wildman–Crippen LogP) is 3.19. The minimum atomic E-state index is -0.446. The Labute approximate surface area is 139 Å². The molecule has 0 saturated heterocycles. The molecule has 1 aromatic carbocycles. The van der Waals surface area contributed by atoms with Crippen molar-refractivity contribution in [1.29, 1.82) is 0 Å². The molecule has 2 aliphatic rings. The molecule has 4 nitrogen and oxygen atoms in total. The number of amides is 1. The summed E-state index contributed by atoms with van der Waals surface area (Å²) in [5.74, 6) is 0. The van der Waals surface area contributed by atoms with Crippen LogP contribution in [0.5, 0.6) is 0 Å². The monoisotopic (exact) mass is 316 g/mol. The van der Waals surface area contributed by atoms with E-state index in [4.69, 9.17) is 4.74 Å². The first kappa shape index (κ1) is 16.3. The van der Waals surface area contributed by atoms with E-state index >= 15 is 0 Å². The van der Waals surface area contributed by atoms with Crippen LogP contribution in [0.15, 0.2) is 24.3 Å². The number of ether oxygens (including phenoxy) is 1. The highest BCUT2D eigenvalue weighted by Gasteiger charge is 2.33. The molecule has 4 heteroatoms. The van der Waals surface area contributed by atoms with Crippen LogP contribution in [-0.4, -0.2) is 29.8 Å².